The SMILES string of the molecule is CCOC(=O)C1=C(C)/C(=C\c2[nH]c(C)c(C(=O)OCC)c2C)N=C1C. The van der Waals surface area contributed by atoms with Crippen molar-refractivity contribution in [1.29, 1.82) is 0 Å². The van der Waals surface area contributed by atoms with Gasteiger partial charge in [0.05, 0.1) is 35.8 Å². The van der Waals surface area contributed by atoms with Gasteiger partial charge in [-0.05, 0) is 58.8 Å². The second kappa shape index (κ2) is 7.51. The lowest BCUT2D eigenvalue weighted by molar-refractivity contribution is -0.137. The summed E-state index contributed by atoms with van der Waals surface area (Å²) in [5, 5.41) is 0. The molecule has 134 valence electrons. The molecular weight excluding hydrogens is 320 g/mol. The minimum atomic E-state index is -0.365. The van der Waals surface area contributed by atoms with E-state index in [0.29, 0.717) is 35.8 Å². The quantitative estimate of drug-likeness (QED) is 0.829. The Morgan fingerprint density at radius 1 is 1.04 bits per heavy atom. The minimum absolute atomic E-state index is 0.319. The highest BCUT2D eigenvalue weighted by Crippen LogP contribution is 2.29. The van der Waals surface area contributed by atoms with Gasteiger partial charge in [-0.2, -0.15) is 0 Å². The molecule has 0 bridgehead atoms. The van der Waals surface area contributed by atoms with Crippen LogP contribution in [0.3, 0.4) is 0 Å². The molecule has 0 atom stereocenters. The van der Waals surface area contributed by atoms with Gasteiger partial charge >= 0.3 is 11.9 Å². The smallest absolute Gasteiger partial charge is 0.340 e. The van der Waals surface area contributed by atoms with Crippen molar-refractivity contribution >= 4 is 23.7 Å². The van der Waals surface area contributed by atoms with Crippen molar-refractivity contribution in [3.8, 4) is 0 Å². The fourth-order valence-corrected chi connectivity index (χ4v) is 2.93. The van der Waals surface area contributed by atoms with Crippen LogP contribution in [0.4, 0.5) is 0 Å². The van der Waals surface area contributed by atoms with Gasteiger partial charge in [0.1, 0.15) is 0 Å². The molecule has 1 aliphatic rings. The third kappa shape index (κ3) is 3.57. The normalized spacial score (nSPS) is 15.6. The first kappa shape index (κ1) is 18.7. The van der Waals surface area contributed by atoms with E-state index in [1.807, 2.05) is 26.8 Å². The van der Waals surface area contributed by atoms with Crippen LogP contribution in [0, 0.1) is 13.8 Å². The standard InChI is InChI=1S/C19H24N2O4/c1-7-24-18(22)16-10(3)14(20-12(16)5)9-15-11(4)17(13(6)21-15)19(23)25-8-2/h9,20H,7-8H2,1-6H3/b15-9+. The van der Waals surface area contributed by atoms with Crippen LogP contribution in [0.5, 0.6) is 0 Å². The first-order chi connectivity index (χ1) is 11.8. The van der Waals surface area contributed by atoms with Crippen molar-refractivity contribution in [1.82, 2.24) is 4.98 Å². The summed E-state index contributed by atoms with van der Waals surface area (Å²) in [4.78, 5) is 31.9. The zero-order valence-electron chi connectivity index (χ0n) is 15.6. The fraction of sp³-hybridized carbons (Fsp3) is 0.421. The molecule has 0 aliphatic carbocycles. The molecule has 2 heterocycles. The maximum atomic E-state index is 12.1. The average Bonchev–Trinajstić information content (AvgIpc) is 2.96. The average molecular weight is 344 g/mol. The summed E-state index contributed by atoms with van der Waals surface area (Å²) in [6, 6.07) is 0. The van der Waals surface area contributed by atoms with E-state index in [0.717, 1.165) is 22.5 Å². The Kier molecular flexibility index (Phi) is 5.62. The summed E-state index contributed by atoms with van der Waals surface area (Å²) in [7, 11) is 0. The Hall–Kier alpha value is -2.63. The van der Waals surface area contributed by atoms with E-state index in [9.17, 15) is 9.59 Å². The lowest BCUT2D eigenvalue weighted by Gasteiger charge is -2.04. The first-order valence-electron chi connectivity index (χ1n) is 8.33. The van der Waals surface area contributed by atoms with Crippen LogP contribution < -0.4 is 0 Å². The Balaban J connectivity index is 2.44. The second-order valence-corrected chi connectivity index (χ2v) is 5.83. The maximum Gasteiger partial charge on any atom is 0.340 e. The van der Waals surface area contributed by atoms with E-state index in [2.05, 4.69) is 9.98 Å². The van der Waals surface area contributed by atoms with Crippen molar-refractivity contribution in [2.24, 2.45) is 4.99 Å². The predicted molar refractivity (Wildman–Crippen MR) is 96.6 cm³/mol. The fourth-order valence-electron chi connectivity index (χ4n) is 2.93. The highest BCUT2D eigenvalue weighted by Gasteiger charge is 2.26. The molecule has 1 aromatic heterocycles. The van der Waals surface area contributed by atoms with Gasteiger partial charge in [0.2, 0.25) is 0 Å². The van der Waals surface area contributed by atoms with Crippen molar-refractivity contribution < 1.29 is 19.1 Å². The van der Waals surface area contributed by atoms with Gasteiger partial charge < -0.3 is 14.5 Å². The number of esters is 2. The summed E-state index contributed by atoms with van der Waals surface area (Å²) in [6.07, 6.45) is 1.84. The van der Waals surface area contributed by atoms with Crippen molar-refractivity contribution in [2.75, 3.05) is 13.2 Å². The van der Waals surface area contributed by atoms with E-state index in [4.69, 9.17) is 9.47 Å². The van der Waals surface area contributed by atoms with Gasteiger partial charge in [0, 0.05) is 11.4 Å². The van der Waals surface area contributed by atoms with Crippen LogP contribution >= 0.6 is 0 Å². The van der Waals surface area contributed by atoms with Crippen LogP contribution in [0.15, 0.2) is 21.8 Å². The molecule has 1 N–H and O–H groups in total. The Bertz CT molecular complexity index is 810. The van der Waals surface area contributed by atoms with Crippen LogP contribution in [0.2, 0.25) is 0 Å². The van der Waals surface area contributed by atoms with Gasteiger partial charge in [0.25, 0.3) is 0 Å². The van der Waals surface area contributed by atoms with E-state index < -0.39 is 0 Å². The molecule has 25 heavy (non-hydrogen) atoms. The lowest BCUT2D eigenvalue weighted by atomic mass is 10.1. The Morgan fingerprint density at radius 2 is 1.64 bits per heavy atom. The Labute approximate surface area is 147 Å². The van der Waals surface area contributed by atoms with Gasteiger partial charge in [0.15, 0.2) is 0 Å². The number of allylic oxidation sites excluding steroid dienone is 1. The van der Waals surface area contributed by atoms with E-state index in [1.54, 1.807) is 20.8 Å². The lowest BCUT2D eigenvalue weighted by Crippen LogP contribution is -2.12. The molecule has 0 saturated heterocycles. The summed E-state index contributed by atoms with van der Waals surface area (Å²) >= 11 is 0. The van der Waals surface area contributed by atoms with Gasteiger partial charge in [-0.1, -0.05) is 0 Å². The largest absolute Gasteiger partial charge is 0.462 e. The topological polar surface area (TPSA) is 80.8 Å². The monoisotopic (exact) mass is 344 g/mol. The predicted octanol–water partition coefficient (Wildman–Crippen LogP) is 3.50. The summed E-state index contributed by atoms with van der Waals surface area (Å²) in [5.74, 6) is -0.708. The number of hydrogen-bond donors (Lipinski definition) is 1. The van der Waals surface area contributed by atoms with E-state index >= 15 is 0 Å². The third-order valence-corrected chi connectivity index (χ3v) is 4.13. The van der Waals surface area contributed by atoms with E-state index in [-0.39, 0.29) is 11.9 Å². The molecule has 1 aromatic rings. The number of aliphatic imine (C=N–C) groups is 1. The zero-order valence-corrected chi connectivity index (χ0v) is 15.6. The number of nitrogens with zero attached hydrogens (tertiary/aromatic N) is 1. The number of carbonyl (C=O) groups is 2. The van der Waals surface area contributed by atoms with Gasteiger partial charge in [-0.3, -0.25) is 4.99 Å². The van der Waals surface area contributed by atoms with Gasteiger partial charge in [-0.15, -0.1) is 0 Å². The molecular formula is C19H24N2O4. The summed E-state index contributed by atoms with van der Waals surface area (Å²) in [5.41, 5.74) is 5.44. The second-order valence-electron chi connectivity index (χ2n) is 5.83. The molecule has 0 unspecified atom stereocenters. The molecule has 0 aromatic carbocycles. The molecule has 0 amide bonds. The van der Waals surface area contributed by atoms with Gasteiger partial charge in [-0.25, -0.2) is 9.59 Å². The molecule has 6 nitrogen and oxygen atoms in total. The maximum absolute atomic E-state index is 12.1. The van der Waals surface area contributed by atoms with Crippen molar-refractivity contribution in [2.45, 2.75) is 41.5 Å². The third-order valence-electron chi connectivity index (χ3n) is 4.13. The van der Waals surface area contributed by atoms with Crippen LogP contribution in [0.25, 0.3) is 6.08 Å². The highest BCUT2D eigenvalue weighted by atomic mass is 16.5. The number of carbonyl (C=O) groups excluding carboxylic acids is 2. The zero-order chi connectivity index (χ0) is 18.7. The number of H-pyrrole nitrogens is 1. The molecule has 1 aliphatic heterocycles. The molecule has 0 radical (unpaired) electrons. The number of hydrogen-bond acceptors (Lipinski definition) is 5. The van der Waals surface area contributed by atoms with Crippen molar-refractivity contribution in [3.63, 3.8) is 0 Å². The number of rotatable bonds is 5. The number of ether oxygens (including phenoxy) is 2. The molecule has 6 heteroatoms. The van der Waals surface area contributed by atoms with Crippen LogP contribution in [-0.4, -0.2) is 35.8 Å². The molecule has 2 rings (SSSR count). The van der Waals surface area contributed by atoms with Crippen LogP contribution in [-0.2, 0) is 14.3 Å². The van der Waals surface area contributed by atoms with E-state index in [1.165, 1.54) is 0 Å². The highest BCUT2D eigenvalue weighted by molar-refractivity contribution is 6.22. The number of aromatic nitrogens is 1. The van der Waals surface area contributed by atoms with Crippen LogP contribution in [0.1, 0.15) is 55.0 Å². The minimum Gasteiger partial charge on any atom is -0.462 e. The molecule has 0 saturated carbocycles. The first-order valence-corrected chi connectivity index (χ1v) is 8.33. The molecule has 0 spiro atoms. The summed E-state index contributed by atoms with van der Waals surface area (Å²) in [6.45, 7) is 11.5. The van der Waals surface area contributed by atoms with Crippen molar-refractivity contribution in [3.05, 3.63) is 39.4 Å². The number of aryl methyl sites for hydroxylation is 1. The summed E-state index contributed by atoms with van der Waals surface area (Å²) < 4.78 is 10.2. The molecule has 0 fully saturated rings. The Morgan fingerprint density at radius 3 is 2.24 bits per heavy atom. The number of nitrogens with one attached hydrogen (secondary N) is 1. The number of aromatic amines is 1.